The van der Waals surface area contributed by atoms with Crippen molar-refractivity contribution in [2.75, 3.05) is 20.3 Å². The number of hydrogen-bond acceptors (Lipinski definition) is 6. The molecule has 30 heavy (non-hydrogen) atoms. The molecule has 156 valence electrons. The number of rotatable bonds is 5. The number of nitrogens with zero attached hydrogens (tertiary/aromatic N) is 2. The normalized spacial score (nSPS) is 23.2. The molecule has 0 saturated carbocycles. The first-order valence-corrected chi connectivity index (χ1v) is 9.65. The van der Waals surface area contributed by atoms with E-state index in [4.69, 9.17) is 9.47 Å². The Morgan fingerprint density at radius 2 is 2.07 bits per heavy atom. The van der Waals surface area contributed by atoms with Crippen molar-refractivity contribution in [3.8, 4) is 5.75 Å². The fourth-order valence-corrected chi connectivity index (χ4v) is 3.98. The summed E-state index contributed by atoms with van der Waals surface area (Å²) < 4.78 is 24.8. The molecular weight excluding hydrogens is 391 g/mol. The third-order valence-corrected chi connectivity index (χ3v) is 5.40. The minimum Gasteiger partial charge on any atom is -0.507 e. The molecule has 0 bridgehead atoms. The lowest BCUT2D eigenvalue weighted by molar-refractivity contribution is -0.140. The minimum absolute atomic E-state index is 0.00618. The van der Waals surface area contributed by atoms with Gasteiger partial charge in [-0.25, -0.2) is 4.39 Å². The van der Waals surface area contributed by atoms with Gasteiger partial charge in [-0.05, 0) is 48.7 Å². The SMILES string of the molecule is COc1ccc(F)cc1/C(O)=C1\C(=O)C(=O)N(CC2CCCO2)C1c1ccncc1. The second-order valence-corrected chi connectivity index (χ2v) is 7.21. The van der Waals surface area contributed by atoms with Crippen molar-refractivity contribution in [2.45, 2.75) is 25.0 Å². The summed E-state index contributed by atoms with van der Waals surface area (Å²) in [6, 6.07) is 6.13. The first kappa shape index (κ1) is 20.0. The summed E-state index contributed by atoms with van der Waals surface area (Å²) in [5, 5.41) is 11.0. The molecule has 2 saturated heterocycles. The number of aliphatic hydroxyl groups is 1. The Hall–Kier alpha value is -3.26. The molecule has 2 aliphatic rings. The van der Waals surface area contributed by atoms with Crippen molar-refractivity contribution in [1.29, 1.82) is 0 Å². The van der Waals surface area contributed by atoms with Crippen molar-refractivity contribution in [1.82, 2.24) is 9.88 Å². The van der Waals surface area contributed by atoms with E-state index in [0.717, 1.165) is 18.9 Å². The number of ketones is 1. The van der Waals surface area contributed by atoms with E-state index >= 15 is 0 Å². The highest BCUT2D eigenvalue weighted by molar-refractivity contribution is 6.46. The van der Waals surface area contributed by atoms with Gasteiger partial charge in [-0.1, -0.05) is 0 Å². The van der Waals surface area contributed by atoms with E-state index in [0.29, 0.717) is 12.2 Å². The molecule has 0 spiro atoms. The van der Waals surface area contributed by atoms with E-state index in [-0.39, 0.29) is 29.5 Å². The first-order chi connectivity index (χ1) is 14.5. The van der Waals surface area contributed by atoms with E-state index in [1.54, 1.807) is 24.5 Å². The number of carbonyl (C=O) groups is 2. The van der Waals surface area contributed by atoms with Crippen LogP contribution in [0.4, 0.5) is 4.39 Å². The van der Waals surface area contributed by atoms with Crippen molar-refractivity contribution >= 4 is 17.4 Å². The number of methoxy groups -OCH3 is 1. The van der Waals surface area contributed by atoms with Gasteiger partial charge in [-0.15, -0.1) is 0 Å². The summed E-state index contributed by atoms with van der Waals surface area (Å²) in [5.41, 5.74) is 0.499. The van der Waals surface area contributed by atoms with Crippen molar-refractivity contribution in [2.24, 2.45) is 0 Å². The van der Waals surface area contributed by atoms with E-state index in [9.17, 15) is 19.1 Å². The van der Waals surface area contributed by atoms with Crippen molar-refractivity contribution in [3.05, 3.63) is 65.2 Å². The molecule has 2 fully saturated rings. The molecule has 4 rings (SSSR count). The van der Waals surface area contributed by atoms with Gasteiger partial charge in [0.2, 0.25) is 0 Å². The van der Waals surface area contributed by atoms with Crippen LogP contribution in [0.3, 0.4) is 0 Å². The zero-order chi connectivity index (χ0) is 21.3. The number of benzene rings is 1. The number of aromatic nitrogens is 1. The average molecular weight is 412 g/mol. The van der Waals surface area contributed by atoms with Crippen LogP contribution in [0.25, 0.3) is 5.76 Å². The first-order valence-electron chi connectivity index (χ1n) is 9.65. The highest BCUT2D eigenvalue weighted by atomic mass is 19.1. The van der Waals surface area contributed by atoms with Crippen LogP contribution in [-0.4, -0.2) is 53.0 Å². The average Bonchev–Trinajstić information content (AvgIpc) is 3.36. The number of carbonyl (C=O) groups excluding carboxylic acids is 2. The minimum atomic E-state index is -0.842. The largest absolute Gasteiger partial charge is 0.507 e. The summed E-state index contributed by atoms with van der Waals surface area (Å²) in [6.07, 6.45) is 4.57. The van der Waals surface area contributed by atoms with Gasteiger partial charge in [-0.3, -0.25) is 14.6 Å². The number of pyridine rings is 1. The Morgan fingerprint density at radius 3 is 2.73 bits per heavy atom. The standard InChI is InChI=1S/C22H21FN2O5/c1-29-17-5-4-14(23)11-16(17)20(26)18-19(13-6-8-24-9-7-13)25(22(28)21(18)27)12-15-3-2-10-30-15/h4-9,11,15,19,26H,2-3,10,12H2,1H3/b20-18+. The molecule has 2 aliphatic heterocycles. The molecule has 1 amide bonds. The van der Waals surface area contributed by atoms with Crippen molar-refractivity contribution < 1.29 is 28.6 Å². The maximum absolute atomic E-state index is 13.9. The Balaban J connectivity index is 1.86. The van der Waals surface area contributed by atoms with E-state index < -0.39 is 29.3 Å². The predicted molar refractivity (Wildman–Crippen MR) is 105 cm³/mol. The fourth-order valence-electron chi connectivity index (χ4n) is 3.98. The third-order valence-electron chi connectivity index (χ3n) is 5.40. The molecule has 0 radical (unpaired) electrons. The number of ether oxygens (including phenoxy) is 2. The summed E-state index contributed by atoms with van der Waals surface area (Å²) >= 11 is 0. The van der Waals surface area contributed by atoms with Crippen LogP contribution in [0.15, 0.2) is 48.3 Å². The monoisotopic (exact) mass is 412 g/mol. The molecule has 1 aromatic heterocycles. The van der Waals surface area contributed by atoms with Crippen LogP contribution >= 0.6 is 0 Å². The van der Waals surface area contributed by atoms with Gasteiger partial charge in [0.25, 0.3) is 11.7 Å². The number of likely N-dealkylation sites (tertiary alicyclic amines) is 1. The van der Waals surface area contributed by atoms with Gasteiger partial charge in [0.05, 0.1) is 30.4 Å². The molecule has 3 heterocycles. The topological polar surface area (TPSA) is 89.0 Å². The highest BCUT2D eigenvalue weighted by Crippen LogP contribution is 2.41. The van der Waals surface area contributed by atoms with Crippen LogP contribution in [0, 0.1) is 5.82 Å². The van der Waals surface area contributed by atoms with Crippen LogP contribution in [0.2, 0.25) is 0 Å². The van der Waals surface area contributed by atoms with Crippen LogP contribution < -0.4 is 4.74 Å². The Kier molecular flexibility index (Phi) is 5.50. The zero-order valence-corrected chi connectivity index (χ0v) is 16.4. The second kappa shape index (κ2) is 8.23. The highest BCUT2D eigenvalue weighted by Gasteiger charge is 2.47. The summed E-state index contributed by atoms with van der Waals surface area (Å²) in [6.45, 7) is 0.823. The van der Waals surface area contributed by atoms with Gasteiger partial charge in [0.1, 0.15) is 17.3 Å². The lowest BCUT2D eigenvalue weighted by atomic mass is 9.95. The van der Waals surface area contributed by atoms with E-state index in [2.05, 4.69) is 4.98 Å². The lowest BCUT2D eigenvalue weighted by Gasteiger charge is -2.27. The van der Waals surface area contributed by atoms with Crippen LogP contribution in [0.1, 0.15) is 30.0 Å². The number of hydrogen-bond donors (Lipinski definition) is 1. The summed E-state index contributed by atoms with van der Waals surface area (Å²) in [7, 11) is 1.38. The molecule has 7 nitrogen and oxygen atoms in total. The molecule has 2 atom stereocenters. The molecule has 2 unspecified atom stereocenters. The summed E-state index contributed by atoms with van der Waals surface area (Å²) in [5.74, 6) is -2.47. The number of aliphatic hydroxyl groups excluding tert-OH is 1. The Bertz CT molecular complexity index is 1000. The van der Waals surface area contributed by atoms with E-state index in [1.807, 2.05) is 0 Å². The third kappa shape index (κ3) is 3.54. The number of Topliss-reactive ketones (excluding diaryl/α,β-unsaturated/α-hetero) is 1. The van der Waals surface area contributed by atoms with Gasteiger partial charge in [0, 0.05) is 25.5 Å². The van der Waals surface area contributed by atoms with Gasteiger partial charge < -0.3 is 19.5 Å². The van der Waals surface area contributed by atoms with Crippen molar-refractivity contribution in [3.63, 3.8) is 0 Å². The maximum Gasteiger partial charge on any atom is 0.295 e. The second-order valence-electron chi connectivity index (χ2n) is 7.21. The number of halogens is 1. The molecule has 1 N–H and O–H groups in total. The quantitative estimate of drug-likeness (QED) is 0.462. The number of amides is 1. The Labute approximate surface area is 172 Å². The molecular formula is C22H21FN2O5. The fraction of sp³-hybridized carbons (Fsp3) is 0.318. The van der Waals surface area contributed by atoms with Crippen LogP contribution in [0.5, 0.6) is 5.75 Å². The molecule has 0 aliphatic carbocycles. The van der Waals surface area contributed by atoms with Crippen LogP contribution in [-0.2, 0) is 14.3 Å². The molecule has 8 heteroatoms. The lowest BCUT2D eigenvalue weighted by Crippen LogP contribution is -2.36. The zero-order valence-electron chi connectivity index (χ0n) is 16.4. The van der Waals surface area contributed by atoms with Gasteiger partial charge in [0.15, 0.2) is 0 Å². The van der Waals surface area contributed by atoms with E-state index in [1.165, 1.54) is 24.1 Å². The maximum atomic E-state index is 13.9. The Morgan fingerprint density at radius 1 is 1.30 bits per heavy atom. The molecule has 1 aromatic carbocycles. The molecule has 2 aromatic rings. The smallest absolute Gasteiger partial charge is 0.295 e. The predicted octanol–water partition coefficient (Wildman–Crippen LogP) is 2.83. The van der Waals surface area contributed by atoms with Gasteiger partial charge in [-0.2, -0.15) is 0 Å². The summed E-state index contributed by atoms with van der Waals surface area (Å²) in [4.78, 5) is 31.3. The van der Waals surface area contributed by atoms with Gasteiger partial charge >= 0.3 is 0 Å².